The maximum atomic E-state index is 13.7. The van der Waals surface area contributed by atoms with Crippen molar-refractivity contribution in [2.45, 2.75) is 6.04 Å². The number of hydrogen-bond acceptors (Lipinski definition) is 2. The molecule has 0 aromatic heterocycles. The zero-order valence-electron chi connectivity index (χ0n) is 11.4. The molecule has 0 amide bonds. The zero-order valence-corrected chi connectivity index (χ0v) is 15.3. The maximum absolute atomic E-state index is 13.7. The molecule has 2 aromatic carbocycles. The Morgan fingerprint density at radius 3 is 2.48 bits per heavy atom. The fourth-order valence-electron chi connectivity index (χ4n) is 2.16. The Bertz CT molecular complexity index is 666. The fraction of sp³-hybridized carbons (Fsp3) is 0.200. The lowest BCUT2D eigenvalue weighted by molar-refractivity contribution is 0.401. The van der Waals surface area contributed by atoms with Crippen molar-refractivity contribution in [3.05, 3.63) is 61.2 Å². The molecule has 6 heteroatoms. The fourth-order valence-corrected chi connectivity index (χ4v) is 3.30. The second kappa shape index (κ2) is 7.09. The van der Waals surface area contributed by atoms with Crippen LogP contribution in [0, 0.1) is 5.82 Å². The van der Waals surface area contributed by atoms with Crippen LogP contribution in [-0.4, -0.2) is 14.2 Å². The molecule has 0 fully saturated rings. The normalized spacial score (nSPS) is 12.3. The summed E-state index contributed by atoms with van der Waals surface area (Å²) >= 11 is 12.9. The smallest absolute Gasteiger partial charge is 0.141 e. The van der Waals surface area contributed by atoms with Gasteiger partial charge >= 0.3 is 0 Å². The van der Waals surface area contributed by atoms with Crippen LogP contribution in [0.25, 0.3) is 0 Å². The quantitative estimate of drug-likeness (QED) is 0.699. The Morgan fingerprint density at radius 2 is 1.90 bits per heavy atom. The second-order valence-electron chi connectivity index (χ2n) is 4.40. The van der Waals surface area contributed by atoms with Crippen molar-refractivity contribution in [3.8, 4) is 5.75 Å². The lowest BCUT2D eigenvalue weighted by Gasteiger charge is -2.21. The van der Waals surface area contributed by atoms with Crippen molar-refractivity contribution >= 4 is 43.5 Å². The molecule has 2 aromatic rings. The minimum absolute atomic E-state index is 0.211. The van der Waals surface area contributed by atoms with Gasteiger partial charge in [-0.05, 0) is 46.7 Å². The molecule has 0 bridgehead atoms. The highest BCUT2D eigenvalue weighted by molar-refractivity contribution is 9.10. The van der Waals surface area contributed by atoms with Crippen LogP contribution < -0.4 is 10.1 Å². The molecular formula is C15H13Br2ClFNO. The van der Waals surface area contributed by atoms with Crippen molar-refractivity contribution in [1.82, 2.24) is 5.32 Å². The Balaban J connectivity index is 2.58. The molecule has 2 nitrogen and oxygen atoms in total. The first-order chi connectivity index (χ1) is 9.97. The van der Waals surface area contributed by atoms with Gasteiger partial charge in [-0.15, -0.1) is 0 Å². The molecule has 2 rings (SSSR count). The molecule has 0 saturated heterocycles. The average Bonchev–Trinajstić information content (AvgIpc) is 2.45. The van der Waals surface area contributed by atoms with Gasteiger partial charge in [-0.25, -0.2) is 4.39 Å². The predicted octanol–water partition coefficient (Wildman–Crippen LogP) is 5.32. The van der Waals surface area contributed by atoms with Crippen molar-refractivity contribution in [3.63, 3.8) is 0 Å². The summed E-state index contributed by atoms with van der Waals surface area (Å²) in [6.45, 7) is 0. The van der Waals surface area contributed by atoms with E-state index < -0.39 is 0 Å². The van der Waals surface area contributed by atoms with Crippen LogP contribution in [0.3, 0.4) is 0 Å². The van der Waals surface area contributed by atoms with Gasteiger partial charge in [0.2, 0.25) is 0 Å². The molecule has 0 aliphatic carbocycles. The highest BCUT2D eigenvalue weighted by Crippen LogP contribution is 2.37. The Kier molecular flexibility index (Phi) is 5.66. The van der Waals surface area contributed by atoms with Crippen molar-refractivity contribution in [1.29, 1.82) is 0 Å². The molecule has 1 N–H and O–H groups in total. The molecule has 0 spiro atoms. The minimum Gasteiger partial charge on any atom is -0.496 e. The standard InChI is InChI=1S/C15H13Br2ClFNO/c1-20-15(9-4-3-8(16)5-12(9)18)10-6-11(17)13(19)7-14(10)21-2/h3-7,15,20H,1-2H3. The Labute approximate surface area is 144 Å². The van der Waals surface area contributed by atoms with E-state index in [2.05, 4.69) is 37.2 Å². The number of rotatable bonds is 4. The largest absolute Gasteiger partial charge is 0.496 e. The van der Waals surface area contributed by atoms with Gasteiger partial charge in [-0.2, -0.15) is 0 Å². The van der Waals surface area contributed by atoms with Crippen LogP contribution in [0.1, 0.15) is 17.2 Å². The number of halogens is 4. The summed E-state index contributed by atoms with van der Waals surface area (Å²) in [6, 6.07) is 8.51. The Morgan fingerprint density at radius 1 is 1.19 bits per heavy atom. The van der Waals surface area contributed by atoms with Gasteiger partial charge in [-0.3, -0.25) is 0 Å². The lowest BCUT2D eigenvalue weighted by Crippen LogP contribution is -2.19. The summed E-state index contributed by atoms with van der Waals surface area (Å²) in [5.41, 5.74) is 1.69. The van der Waals surface area contributed by atoms with Gasteiger partial charge in [-0.1, -0.05) is 33.6 Å². The van der Waals surface area contributed by atoms with Crippen LogP contribution in [0.15, 0.2) is 39.3 Å². The lowest BCUT2D eigenvalue weighted by atomic mass is 9.98. The highest BCUT2D eigenvalue weighted by atomic mass is 79.9. The van der Waals surface area contributed by atoms with Gasteiger partial charge in [0.05, 0.1) is 17.6 Å². The molecule has 0 saturated carbocycles. The van der Waals surface area contributed by atoms with Crippen LogP contribution in [-0.2, 0) is 0 Å². The molecule has 0 aliphatic rings. The topological polar surface area (TPSA) is 21.3 Å². The van der Waals surface area contributed by atoms with E-state index in [4.69, 9.17) is 16.3 Å². The monoisotopic (exact) mass is 435 g/mol. The van der Waals surface area contributed by atoms with Crippen molar-refractivity contribution in [2.24, 2.45) is 0 Å². The second-order valence-corrected chi connectivity index (χ2v) is 6.57. The number of ether oxygens (including phenoxy) is 1. The molecule has 0 radical (unpaired) electrons. The van der Waals surface area contributed by atoms with Gasteiger partial charge in [0.1, 0.15) is 11.6 Å². The number of hydrogen-bond donors (Lipinski definition) is 1. The predicted molar refractivity (Wildman–Crippen MR) is 90.7 cm³/mol. The molecule has 1 atom stereocenters. The first kappa shape index (κ1) is 16.7. The molecule has 0 heterocycles. The van der Waals surface area contributed by atoms with E-state index in [1.165, 1.54) is 13.2 Å². The van der Waals surface area contributed by atoms with E-state index in [9.17, 15) is 4.39 Å². The van der Waals surface area contributed by atoms with E-state index in [0.717, 1.165) is 15.6 Å². The summed E-state index contributed by atoms with van der Waals surface area (Å²) in [5, 5.41) is 3.81. The van der Waals surface area contributed by atoms with E-state index in [1.807, 2.05) is 25.2 Å². The summed E-state index contributed by atoms with van der Waals surface area (Å²) < 4.78 is 20.2. The molecular weight excluding hydrogens is 424 g/mol. The van der Waals surface area contributed by atoms with E-state index >= 15 is 0 Å². The van der Waals surface area contributed by atoms with Crippen LogP contribution in [0.4, 0.5) is 4.39 Å². The van der Waals surface area contributed by atoms with Crippen LogP contribution in [0.5, 0.6) is 5.75 Å². The molecule has 112 valence electrons. The number of benzene rings is 2. The molecule has 21 heavy (non-hydrogen) atoms. The summed E-state index contributed by atoms with van der Waals surface area (Å²) in [4.78, 5) is 0. The first-order valence-electron chi connectivity index (χ1n) is 6.13. The molecule has 1 unspecified atom stereocenters. The van der Waals surface area contributed by atoms with E-state index in [0.29, 0.717) is 15.2 Å². The van der Waals surface area contributed by atoms with Crippen LogP contribution >= 0.6 is 43.5 Å². The van der Waals surface area contributed by atoms with Gasteiger partial charge in [0.15, 0.2) is 0 Å². The third-order valence-electron chi connectivity index (χ3n) is 3.15. The van der Waals surface area contributed by atoms with Gasteiger partial charge in [0, 0.05) is 21.1 Å². The van der Waals surface area contributed by atoms with Gasteiger partial charge in [0.25, 0.3) is 0 Å². The maximum Gasteiger partial charge on any atom is 0.141 e. The zero-order chi connectivity index (χ0) is 15.6. The summed E-state index contributed by atoms with van der Waals surface area (Å²) in [7, 11) is 3.34. The van der Waals surface area contributed by atoms with Crippen molar-refractivity contribution in [2.75, 3.05) is 14.2 Å². The van der Waals surface area contributed by atoms with Crippen molar-refractivity contribution < 1.29 is 9.13 Å². The first-order valence-corrected chi connectivity index (χ1v) is 8.09. The average molecular weight is 438 g/mol. The SMILES string of the molecule is CNC(c1ccc(Br)cc1Cl)c1cc(Br)c(F)cc1OC. The third-order valence-corrected chi connectivity index (χ3v) is 4.57. The number of methoxy groups -OCH3 is 1. The molecule has 0 aliphatic heterocycles. The van der Waals surface area contributed by atoms with E-state index in [-0.39, 0.29) is 11.9 Å². The number of nitrogens with one attached hydrogen (secondary N) is 1. The third kappa shape index (κ3) is 3.59. The summed E-state index contributed by atoms with van der Waals surface area (Å²) in [6.07, 6.45) is 0. The van der Waals surface area contributed by atoms with Gasteiger partial charge < -0.3 is 10.1 Å². The van der Waals surface area contributed by atoms with Crippen LogP contribution in [0.2, 0.25) is 5.02 Å². The van der Waals surface area contributed by atoms with E-state index in [1.54, 1.807) is 6.07 Å². The highest BCUT2D eigenvalue weighted by Gasteiger charge is 2.21. The minimum atomic E-state index is -0.368. The summed E-state index contributed by atoms with van der Waals surface area (Å²) in [5.74, 6) is 0.0985. The Hall–Kier alpha value is -0.620.